The minimum absolute atomic E-state index is 0.582. The van der Waals surface area contributed by atoms with Crippen molar-refractivity contribution in [1.29, 1.82) is 0 Å². The number of rotatable bonds is 2. The molecule has 0 aromatic rings. The molecule has 0 amide bonds. The Labute approximate surface area is 67.9 Å². The van der Waals surface area contributed by atoms with Crippen molar-refractivity contribution in [3.05, 3.63) is 34.9 Å². The fourth-order valence-electron chi connectivity index (χ4n) is 0.576. The van der Waals surface area contributed by atoms with Crippen molar-refractivity contribution in [2.45, 2.75) is 20.8 Å². The predicted molar refractivity (Wildman–Crippen MR) is 48.2 cm³/mol. The van der Waals surface area contributed by atoms with E-state index >= 15 is 0 Å². The zero-order valence-corrected chi connectivity index (χ0v) is 7.50. The molecule has 0 fully saturated rings. The first-order chi connectivity index (χ1) is 4.57. The monoisotopic (exact) mass is 156 g/mol. The van der Waals surface area contributed by atoms with E-state index in [1.807, 2.05) is 32.9 Å². The van der Waals surface area contributed by atoms with Gasteiger partial charge in [-0.05, 0) is 32.4 Å². The van der Waals surface area contributed by atoms with Crippen LogP contribution in [0.15, 0.2) is 34.9 Å². The van der Waals surface area contributed by atoms with Crippen molar-refractivity contribution in [3.8, 4) is 0 Å². The van der Waals surface area contributed by atoms with Gasteiger partial charge < -0.3 is 0 Å². The van der Waals surface area contributed by atoms with Crippen molar-refractivity contribution in [2.75, 3.05) is 0 Å². The van der Waals surface area contributed by atoms with Gasteiger partial charge in [0, 0.05) is 5.03 Å². The third-order valence-electron chi connectivity index (χ3n) is 1.43. The zero-order valence-electron chi connectivity index (χ0n) is 6.74. The molecule has 0 aliphatic carbocycles. The van der Waals surface area contributed by atoms with Gasteiger partial charge in [-0.25, -0.2) is 0 Å². The second kappa shape index (κ2) is 4.35. The first kappa shape index (κ1) is 9.51. The van der Waals surface area contributed by atoms with Gasteiger partial charge >= 0.3 is 0 Å². The quantitative estimate of drug-likeness (QED) is 0.536. The van der Waals surface area contributed by atoms with Crippen molar-refractivity contribution < 1.29 is 0 Å². The van der Waals surface area contributed by atoms with Crippen LogP contribution in [-0.4, -0.2) is 0 Å². The Morgan fingerprint density at radius 1 is 1.30 bits per heavy atom. The van der Waals surface area contributed by atoms with Crippen LogP contribution in [0.25, 0.3) is 0 Å². The van der Waals surface area contributed by atoms with Crippen LogP contribution < -0.4 is 0 Å². The molecular weight excluding hydrogens is 144 g/mol. The lowest BCUT2D eigenvalue weighted by Gasteiger charge is -1.97. The first-order valence-corrected chi connectivity index (χ1v) is 3.61. The molecular formula is C9H13Cl. The van der Waals surface area contributed by atoms with Gasteiger partial charge in [-0.3, -0.25) is 0 Å². The van der Waals surface area contributed by atoms with Gasteiger partial charge in [-0.1, -0.05) is 29.8 Å². The second-order valence-electron chi connectivity index (χ2n) is 2.25. The summed E-state index contributed by atoms with van der Waals surface area (Å²) >= 11 is 5.58. The molecule has 0 saturated heterocycles. The predicted octanol–water partition coefficient (Wildman–Crippen LogP) is 3.65. The lowest BCUT2D eigenvalue weighted by Crippen LogP contribution is -1.77. The fraction of sp³-hybridized carbons (Fsp3) is 0.333. The molecule has 0 aliphatic rings. The Hall–Kier alpha value is -0.490. The molecule has 0 radical (unpaired) electrons. The van der Waals surface area contributed by atoms with E-state index in [9.17, 15) is 0 Å². The fourth-order valence-corrected chi connectivity index (χ4v) is 0.740. The van der Waals surface area contributed by atoms with Crippen LogP contribution in [0.1, 0.15) is 20.8 Å². The lowest BCUT2D eigenvalue weighted by molar-refractivity contribution is 1.32. The molecule has 0 atom stereocenters. The molecule has 0 saturated carbocycles. The van der Waals surface area contributed by atoms with Gasteiger partial charge in [0.25, 0.3) is 0 Å². The molecule has 0 aromatic heterocycles. The summed E-state index contributed by atoms with van der Waals surface area (Å²) in [5.41, 5.74) is 2.41. The molecule has 10 heavy (non-hydrogen) atoms. The Bertz CT molecular complexity index is 185. The number of hydrogen-bond donors (Lipinski definition) is 0. The summed E-state index contributed by atoms with van der Waals surface area (Å²) in [4.78, 5) is 0. The number of hydrogen-bond acceptors (Lipinski definition) is 0. The Morgan fingerprint density at radius 3 is 2.10 bits per heavy atom. The molecule has 0 bridgehead atoms. The van der Waals surface area contributed by atoms with Gasteiger partial charge in [-0.2, -0.15) is 0 Å². The second-order valence-corrected chi connectivity index (χ2v) is 2.73. The van der Waals surface area contributed by atoms with Gasteiger partial charge in [0.1, 0.15) is 0 Å². The average molecular weight is 157 g/mol. The van der Waals surface area contributed by atoms with E-state index in [4.69, 9.17) is 11.6 Å². The third kappa shape index (κ3) is 3.52. The number of halogens is 1. The highest BCUT2D eigenvalue weighted by Gasteiger charge is 1.89. The molecule has 0 unspecified atom stereocenters. The number of allylic oxidation sites excluding steroid dienone is 5. The molecule has 56 valence electrons. The molecule has 0 spiro atoms. The average Bonchev–Trinajstić information content (AvgIpc) is 1.85. The van der Waals surface area contributed by atoms with E-state index in [1.54, 1.807) is 0 Å². The van der Waals surface area contributed by atoms with Crippen LogP contribution in [0.2, 0.25) is 0 Å². The van der Waals surface area contributed by atoms with Crippen LogP contribution in [0.4, 0.5) is 0 Å². The van der Waals surface area contributed by atoms with Gasteiger partial charge in [0.05, 0.1) is 0 Å². The lowest BCUT2D eigenvalue weighted by atomic mass is 10.1. The third-order valence-corrected chi connectivity index (χ3v) is 1.54. The van der Waals surface area contributed by atoms with Crippen LogP contribution in [0.3, 0.4) is 0 Å². The minimum atomic E-state index is 0.582. The Balaban J connectivity index is 4.35. The molecule has 0 N–H and O–H groups in total. The first-order valence-electron chi connectivity index (χ1n) is 3.24. The summed E-state index contributed by atoms with van der Waals surface area (Å²) < 4.78 is 0. The molecule has 1 heteroatoms. The summed E-state index contributed by atoms with van der Waals surface area (Å²) in [5, 5.41) is 0.582. The zero-order chi connectivity index (χ0) is 8.15. The normalized spacial score (nSPS) is 13.6. The standard InChI is InChI=1S/C9H13Cl/c1-5-7(2)8(3)6-9(4)10/h5-6H,4H2,1-3H3/b7-5-,8-6-. The van der Waals surface area contributed by atoms with Gasteiger partial charge in [0.2, 0.25) is 0 Å². The van der Waals surface area contributed by atoms with Crippen molar-refractivity contribution in [2.24, 2.45) is 0 Å². The Kier molecular flexibility index (Phi) is 4.13. The summed E-state index contributed by atoms with van der Waals surface area (Å²) in [7, 11) is 0. The molecule has 0 rings (SSSR count). The van der Waals surface area contributed by atoms with Crippen molar-refractivity contribution >= 4 is 11.6 Å². The SMILES string of the molecule is C=C(Cl)/C=C(C)\C(C)=C/C. The van der Waals surface area contributed by atoms with E-state index in [0.717, 1.165) is 0 Å². The van der Waals surface area contributed by atoms with Gasteiger partial charge in [0.15, 0.2) is 0 Å². The highest BCUT2D eigenvalue weighted by Crippen LogP contribution is 2.11. The molecule has 0 heterocycles. The summed E-state index contributed by atoms with van der Waals surface area (Å²) in [5.74, 6) is 0. The highest BCUT2D eigenvalue weighted by atomic mass is 35.5. The van der Waals surface area contributed by atoms with Crippen LogP contribution in [0, 0.1) is 0 Å². The maximum atomic E-state index is 5.58. The maximum Gasteiger partial charge on any atom is 0.0336 e. The largest absolute Gasteiger partial charge is 0.0850 e. The highest BCUT2D eigenvalue weighted by molar-refractivity contribution is 6.30. The van der Waals surface area contributed by atoms with E-state index < -0.39 is 0 Å². The van der Waals surface area contributed by atoms with Crippen LogP contribution in [-0.2, 0) is 0 Å². The Morgan fingerprint density at radius 2 is 1.80 bits per heavy atom. The topological polar surface area (TPSA) is 0 Å². The molecule has 0 aliphatic heterocycles. The van der Waals surface area contributed by atoms with Crippen molar-refractivity contribution in [3.63, 3.8) is 0 Å². The summed E-state index contributed by atoms with van der Waals surface area (Å²) in [6.07, 6.45) is 3.91. The van der Waals surface area contributed by atoms with Crippen LogP contribution >= 0.6 is 11.6 Å². The van der Waals surface area contributed by atoms with E-state index in [2.05, 4.69) is 6.58 Å². The van der Waals surface area contributed by atoms with E-state index in [-0.39, 0.29) is 0 Å². The smallest absolute Gasteiger partial charge is 0.0336 e. The molecule has 0 nitrogen and oxygen atoms in total. The summed E-state index contributed by atoms with van der Waals surface area (Å²) in [6.45, 7) is 9.64. The van der Waals surface area contributed by atoms with Gasteiger partial charge in [-0.15, -0.1) is 0 Å². The van der Waals surface area contributed by atoms with Crippen molar-refractivity contribution in [1.82, 2.24) is 0 Å². The molecule has 0 aromatic carbocycles. The van der Waals surface area contributed by atoms with Crippen LogP contribution in [0.5, 0.6) is 0 Å². The maximum absolute atomic E-state index is 5.58. The van der Waals surface area contributed by atoms with E-state index in [0.29, 0.717) is 5.03 Å². The summed E-state index contributed by atoms with van der Waals surface area (Å²) in [6, 6.07) is 0. The minimum Gasteiger partial charge on any atom is -0.0850 e. The van der Waals surface area contributed by atoms with E-state index in [1.165, 1.54) is 11.1 Å².